The monoisotopic (exact) mass is 400 g/mol. The van der Waals surface area contributed by atoms with Gasteiger partial charge in [-0.05, 0) is 75.4 Å². The Bertz CT molecular complexity index is 742. The Morgan fingerprint density at radius 2 is 1.30 bits per heavy atom. The van der Waals surface area contributed by atoms with Crippen molar-refractivity contribution < 1.29 is 0 Å². The van der Waals surface area contributed by atoms with Gasteiger partial charge < -0.3 is 21.3 Å². The van der Waals surface area contributed by atoms with Crippen LogP contribution in [0.1, 0.15) is 30.9 Å². The molecule has 0 aliphatic rings. The Labute approximate surface area is 173 Å². The molecule has 4 nitrogen and oxygen atoms in total. The molecule has 0 spiro atoms. The molecule has 0 fully saturated rings. The zero-order valence-electron chi connectivity index (χ0n) is 16.1. The second kappa shape index (κ2) is 10.8. The molecule has 0 saturated carbocycles. The second-order valence-corrected chi connectivity index (χ2v) is 7.42. The first-order valence-corrected chi connectivity index (χ1v) is 10.0. The van der Waals surface area contributed by atoms with Gasteiger partial charge in [-0.2, -0.15) is 0 Å². The molecular formula is C21H28N4S2. The first-order chi connectivity index (χ1) is 13.0. The van der Waals surface area contributed by atoms with E-state index in [4.69, 9.17) is 24.4 Å². The minimum atomic E-state index is 0.283. The molecule has 1 atom stereocenters. The number of anilines is 2. The molecule has 2 aromatic carbocycles. The molecular weight excluding hydrogens is 372 g/mol. The molecule has 144 valence electrons. The standard InChI is InChI=1S/C21H28N4S2/c1-4-17(23-21(27)25-19-11-7-16(3)8-12-19)13-14-22-20(26)24-18-9-5-15(2)6-10-18/h5-12,17H,4,13-14H2,1-3H3,(H2,22,24,26)(H2,23,25,27)/t17-/m1/s1. The van der Waals surface area contributed by atoms with Gasteiger partial charge in [-0.1, -0.05) is 42.3 Å². The molecule has 0 radical (unpaired) electrons. The Kier molecular flexibility index (Phi) is 8.48. The third kappa shape index (κ3) is 7.93. The van der Waals surface area contributed by atoms with Crippen LogP contribution in [0, 0.1) is 13.8 Å². The van der Waals surface area contributed by atoms with E-state index in [9.17, 15) is 0 Å². The van der Waals surface area contributed by atoms with Crippen molar-refractivity contribution >= 4 is 46.0 Å². The molecule has 2 aromatic rings. The van der Waals surface area contributed by atoms with Crippen LogP contribution in [0.2, 0.25) is 0 Å². The summed E-state index contributed by atoms with van der Waals surface area (Å²) in [6.07, 6.45) is 1.90. The lowest BCUT2D eigenvalue weighted by molar-refractivity contribution is 0.542. The molecule has 6 heteroatoms. The van der Waals surface area contributed by atoms with E-state index in [0.717, 1.165) is 30.8 Å². The fourth-order valence-electron chi connectivity index (χ4n) is 2.54. The van der Waals surface area contributed by atoms with Gasteiger partial charge in [0.1, 0.15) is 0 Å². The van der Waals surface area contributed by atoms with E-state index in [-0.39, 0.29) is 6.04 Å². The maximum atomic E-state index is 5.43. The van der Waals surface area contributed by atoms with Crippen LogP contribution in [0.15, 0.2) is 48.5 Å². The van der Waals surface area contributed by atoms with Gasteiger partial charge in [-0.15, -0.1) is 0 Å². The van der Waals surface area contributed by atoms with Crippen LogP contribution < -0.4 is 21.3 Å². The summed E-state index contributed by atoms with van der Waals surface area (Å²) in [4.78, 5) is 0. The van der Waals surface area contributed by atoms with E-state index in [1.807, 2.05) is 24.3 Å². The predicted molar refractivity (Wildman–Crippen MR) is 125 cm³/mol. The first-order valence-electron chi connectivity index (χ1n) is 9.22. The molecule has 0 amide bonds. The van der Waals surface area contributed by atoms with Crippen molar-refractivity contribution in [2.75, 3.05) is 17.2 Å². The molecule has 0 bridgehead atoms. The average molecular weight is 401 g/mol. The average Bonchev–Trinajstić information content (AvgIpc) is 2.64. The molecule has 2 rings (SSSR count). The second-order valence-electron chi connectivity index (χ2n) is 6.61. The maximum Gasteiger partial charge on any atom is 0.170 e. The summed E-state index contributed by atoms with van der Waals surface area (Å²) in [6, 6.07) is 16.6. The summed E-state index contributed by atoms with van der Waals surface area (Å²) >= 11 is 10.8. The highest BCUT2D eigenvalue weighted by molar-refractivity contribution is 7.80. The van der Waals surface area contributed by atoms with E-state index in [2.05, 4.69) is 66.3 Å². The smallest absolute Gasteiger partial charge is 0.170 e. The van der Waals surface area contributed by atoms with Crippen LogP contribution in [0.3, 0.4) is 0 Å². The lowest BCUT2D eigenvalue weighted by Gasteiger charge is -2.20. The lowest BCUT2D eigenvalue weighted by Crippen LogP contribution is -2.40. The Morgan fingerprint density at radius 1 is 0.815 bits per heavy atom. The fraction of sp³-hybridized carbons (Fsp3) is 0.333. The summed E-state index contributed by atoms with van der Waals surface area (Å²) in [5, 5.41) is 14.3. The number of benzene rings is 2. The third-order valence-corrected chi connectivity index (χ3v) is 4.69. The van der Waals surface area contributed by atoms with Gasteiger partial charge in [0.05, 0.1) is 0 Å². The SMILES string of the molecule is CC[C@H](CCNC(=S)Nc1ccc(C)cc1)NC(=S)Nc1ccc(C)cc1. The first kappa shape index (κ1) is 21.1. The molecule has 0 aliphatic heterocycles. The highest BCUT2D eigenvalue weighted by Crippen LogP contribution is 2.09. The molecule has 0 saturated heterocycles. The van der Waals surface area contributed by atoms with Gasteiger partial charge in [0.2, 0.25) is 0 Å². The van der Waals surface area contributed by atoms with Gasteiger partial charge in [-0.25, -0.2) is 0 Å². The summed E-state index contributed by atoms with van der Waals surface area (Å²) in [5.41, 5.74) is 4.44. The van der Waals surface area contributed by atoms with Crippen LogP contribution in [0.25, 0.3) is 0 Å². The van der Waals surface area contributed by atoms with Crippen LogP contribution in [-0.2, 0) is 0 Å². The van der Waals surface area contributed by atoms with E-state index in [1.165, 1.54) is 11.1 Å². The number of thiocarbonyl (C=S) groups is 2. The number of hydrogen-bond donors (Lipinski definition) is 4. The lowest BCUT2D eigenvalue weighted by atomic mass is 10.1. The van der Waals surface area contributed by atoms with Gasteiger partial charge in [0.25, 0.3) is 0 Å². The van der Waals surface area contributed by atoms with Crippen molar-refractivity contribution in [1.29, 1.82) is 0 Å². The summed E-state index contributed by atoms with van der Waals surface area (Å²) in [7, 11) is 0. The predicted octanol–water partition coefficient (Wildman–Crippen LogP) is 4.75. The molecule has 27 heavy (non-hydrogen) atoms. The molecule has 0 unspecified atom stereocenters. The highest BCUT2D eigenvalue weighted by Gasteiger charge is 2.08. The van der Waals surface area contributed by atoms with Crippen LogP contribution in [-0.4, -0.2) is 22.8 Å². The van der Waals surface area contributed by atoms with Gasteiger partial charge in [0, 0.05) is 24.0 Å². The van der Waals surface area contributed by atoms with Crippen molar-refractivity contribution in [3.05, 3.63) is 59.7 Å². The molecule has 0 heterocycles. The van der Waals surface area contributed by atoms with Crippen LogP contribution >= 0.6 is 24.4 Å². The summed E-state index contributed by atoms with van der Waals surface area (Å²) in [5.74, 6) is 0. The molecule has 0 aliphatic carbocycles. The molecule has 0 aromatic heterocycles. The number of rotatable bonds is 7. The van der Waals surface area contributed by atoms with Crippen molar-refractivity contribution in [2.45, 2.75) is 39.7 Å². The van der Waals surface area contributed by atoms with Crippen molar-refractivity contribution in [3.8, 4) is 0 Å². The highest BCUT2D eigenvalue weighted by atomic mass is 32.1. The van der Waals surface area contributed by atoms with E-state index < -0.39 is 0 Å². The van der Waals surface area contributed by atoms with E-state index in [1.54, 1.807) is 0 Å². The minimum Gasteiger partial charge on any atom is -0.362 e. The van der Waals surface area contributed by atoms with E-state index in [0.29, 0.717) is 10.2 Å². The van der Waals surface area contributed by atoms with Crippen molar-refractivity contribution in [1.82, 2.24) is 10.6 Å². The van der Waals surface area contributed by atoms with Crippen molar-refractivity contribution in [2.24, 2.45) is 0 Å². The van der Waals surface area contributed by atoms with Gasteiger partial charge in [0.15, 0.2) is 10.2 Å². The summed E-state index contributed by atoms with van der Waals surface area (Å²) in [6.45, 7) is 7.06. The van der Waals surface area contributed by atoms with Gasteiger partial charge in [-0.3, -0.25) is 0 Å². The van der Waals surface area contributed by atoms with Crippen molar-refractivity contribution in [3.63, 3.8) is 0 Å². The van der Waals surface area contributed by atoms with Crippen LogP contribution in [0.4, 0.5) is 11.4 Å². The third-order valence-electron chi connectivity index (χ3n) is 4.23. The number of aryl methyl sites for hydroxylation is 2. The van der Waals surface area contributed by atoms with Gasteiger partial charge >= 0.3 is 0 Å². The number of nitrogens with one attached hydrogen (secondary N) is 4. The minimum absolute atomic E-state index is 0.283. The maximum absolute atomic E-state index is 5.43. The Hall–Kier alpha value is -2.18. The largest absolute Gasteiger partial charge is 0.362 e. The van der Waals surface area contributed by atoms with E-state index >= 15 is 0 Å². The zero-order valence-corrected chi connectivity index (χ0v) is 17.8. The summed E-state index contributed by atoms with van der Waals surface area (Å²) < 4.78 is 0. The zero-order chi connectivity index (χ0) is 19.6. The Morgan fingerprint density at radius 3 is 1.78 bits per heavy atom. The fourth-order valence-corrected chi connectivity index (χ4v) is 3.04. The number of hydrogen-bond acceptors (Lipinski definition) is 2. The topological polar surface area (TPSA) is 48.1 Å². The normalized spacial score (nSPS) is 11.4. The van der Waals surface area contributed by atoms with Crippen LogP contribution in [0.5, 0.6) is 0 Å². The Balaban J connectivity index is 1.71. The quantitative estimate of drug-likeness (QED) is 0.504. The molecule has 4 N–H and O–H groups in total.